The van der Waals surface area contributed by atoms with Crippen LogP contribution in [0.25, 0.3) is 0 Å². The zero-order chi connectivity index (χ0) is 19.0. The Morgan fingerprint density at radius 3 is 1.67 bits per heavy atom. The van der Waals surface area contributed by atoms with Crippen LogP contribution in [0.4, 0.5) is 0 Å². The van der Waals surface area contributed by atoms with Crippen LogP contribution in [-0.4, -0.2) is 22.6 Å². The van der Waals surface area contributed by atoms with Gasteiger partial charge >= 0.3 is 60.4 Å². The third kappa shape index (κ3) is 21.1. The Hall–Kier alpha value is 0.537. The van der Waals surface area contributed by atoms with Gasteiger partial charge in [-0.25, -0.2) is 0 Å². The van der Waals surface area contributed by atoms with Gasteiger partial charge in [0.1, 0.15) is 12.0 Å². The quantitative estimate of drug-likeness (QED) is 0.171. The van der Waals surface area contributed by atoms with E-state index in [4.69, 9.17) is 9.84 Å². The number of rotatable bonds is 17. The zero-order valence-corrected chi connectivity index (χ0v) is 20.8. The molecule has 0 heterocycles. The van der Waals surface area contributed by atoms with Gasteiger partial charge in [0.25, 0.3) is 0 Å². The number of carbonyl (C=O) groups is 2. The van der Waals surface area contributed by atoms with Crippen molar-refractivity contribution in [2.75, 3.05) is 0 Å². The van der Waals surface area contributed by atoms with Crippen LogP contribution in [0.15, 0.2) is 0 Å². The number of carbonyl (C=O) groups excluding carboxylic acids is 1. The number of esters is 1. The second-order valence-corrected chi connectivity index (χ2v) is 7.53. The Kier molecular flexibility index (Phi) is 25.4. The SMILES string of the molecule is CCCCCCCCCCCCC(C)(CCCC)OC(=O)CC(=O)O.[H-].[H-].[Li+].[Na+]. The first kappa shape index (κ1) is 32.2. The van der Waals surface area contributed by atoms with E-state index < -0.39 is 24.0 Å². The van der Waals surface area contributed by atoms with Crippen molar-refractivity contribution in [2.45, 2.75) is 123 Å². The molecule has 0 aliphatic rings. The zero-order valence-electron chi connectivity index (χ0n) is 20.8. The van der Waals surface area contributed by atoms with E-state index in [0.29, 0.717) is 0 Å². The van der Waals surface area contributed by atoms with Crippen LogP contribution in [0, 0.1) is 0 Å². The molecule has 0 radical (unpaired) electrons. The van der Waals surface area contributed by atoms with Crippen LogP contribution in [0.1, 0.15) is 120 Å². The standard InChI is InChI=1S/C21H40O4.Li.Na.2H/c1-4-6-8-9-10-11-12-13-14-15-17-21(3,16-7-5-2)25-20(24)18-19(22)23;;;;/h4-18H2,1-3H3,(H,22,23);;;;/q;2*+1;2*-1. The Labute approximate surface area is 204 Å². The van der Waals surface area contributed by atoms with Gasteiger partial charge in [0, 0.05) is 0 Å². The van der Waals surface area contributed by atoms with Crippen molar-refractivity contribution >= 4 is 11.9 Å². The average molecular weight is 388 g/mol. The van der Waals surface area contributed by atoms with Crippen molar-refractivity contribution in [3.8, 4) is 0 Å². The van der Waals surface area contributed by atoms with Gasteiger partial charge in [-0.2, -0.15) is 0 Å². The molecule has 0 aliphatic heterocycles. The largest absolute Gasteiger partial charge is 1.00 e. The van der Waals surface area contributed by atoms with E-state index in [9.17, 15) is 9.59 Å². The molecule has 0 rings (SSSR count). The molecule has 0 bridgehead atoms. The fourth-order valence-corrected chi connectivity index (χ4v) is 3.20. The van der Waals surface area contributed by atoms with Gasteiger partial charge < -0.3 is 12.7 Å². The molecule has 0 amide bonds. The molecule has 0 aromatic carbocycles. The summed E-state index contributed by atoms with van der Waals surface area (Å²) >= 11 is 0. The minimum Gasteiger partial charge on any atom is -1.00 e. The summed E-state index contributed by atoms with van der Waals surface area (Å²) < 4.78 is 5.51. The minimum atomic E-state index is -1.12. The predicted molar refractivity (Wildman–Crippen MR) is 105 cm³/mol. The topological polar surface area (TPSA) is 63.6 Å². The summed E-state index contributed by atoms with van der Waals surface area (Å²) in [7, 11) is 0. The molecule has 4 nitrogen and oxygen atoms in total. The van der Waals surface area contributed by atoms with E-state index in [0.717, 1.165) is 38.5 Å². The van der Waals surface area contributed by atoms with E-state index >= 15 is 0 Å². The van der Waals surface area contributed by atoms with Gasteiger partial charge in [-0.05, 0) is 32.6 Å². The normalized spacial score (nSPS) is 12.4. The first-order chi connectivity index (χ1) is 11.9. The van der Waals surface area contributed by atoms with E-state index in [2.05, 4.69) is 13.8 Å². The molecule has 0 spiro atoms. The van der Waals surface area contributed by atoms with E-state index in [1.54, 1.807) is 0 Å². The molecule has 0 saturated carbocycles. The minimum absolute atomic E-state index is 0. The molecule has 152 valence electrons. The Morgan fingerprint density at radius 1 is 0.815 bits per heavy atom. The summed E-state index contributed by atoms with van der Waals surface area (Å²) in [6.07, 6.45) is 15.9. The van der Waals surface area contributed by atoms with Gasteiger partial charge in [-0.3, -0.25) is 9.59 Å². The Balaban J connectivity index is -0.000000480. The maximum atomic E-state index is 11.7. The van der Waals surface area contributed by atoms with E-state index in [-0.39, 0.29) is 51.3 Å². The number of aliphatic carboxylic acids is 1. The summed E-state index contributed by atoms with van der Waals surface area (Å²) in [5.74, 6) is -1.74. The molecule has 0 saturated heterocycles. The van der Waals surface area contributed by atoms with E-state index in [1.165, 1.54) is 51.4 Å². The fourth-order valence-electron chi connectivity index (χ4n) is 3.20. The first-order valence-corrected chi connectivity index (χ1v) is 10.4. The molecule has 1 unspecified atom stereocenters. The van der Waals surface area contributed by atoms with Gasteiger partial charge in [0.15, 0.2) is 0 Å². The summed E-state index contributed by atoms with van der Waals surface area (Å²) in [5.41, 5.74) is -0.511. The number of hydrogen-bond acceptors (Lipinski definition) is 3. The maximum Gasteiger partial charge on any atom is 1.00 e. The van der Waals surface area contributed by atoms with Crippen molar-refractivity contribution in [2.24, 2.45) is 0 Å². The first-order valence-electron chi connectivity index (χ1n) is 10.4. The number of ether oxygens (including phenoxy) is 1. The molecule has 6 heteroatoms. The summed E-state index contributed by atoms with van der Waals surface area (Å²) in [6, 6.07) is 0. The molecule has 1 atom stereocenters. The predicted octanol–water partition coefficient (Wildman–Crippen LogP) is 0.497. The third-order valence-electron chi connectivity index (χ3n) is 4.77. The fraction of sp³-hybridized carbons (Fsp3) is 0.905. The third-order valence-corrected chi connectivity index (χ3v) is 4.77. The Bertz CT molecular complexity index is 377. The molecular weight excluding hydrogens is 346 g/mol. The molecule has 1 N–H and O–H groups in total. The van der Waals surface area contributed by atoms with Crippen molar-refractivity contribution in [3.05, 3.63) is 0 Å². The summed E-state index contributed by atoms with van der Waals surface area (Å²) in [5, 5.41) is 8.72. The van der Waals surface area contributed by atoms with Crippen molar-refractivity contribution in [1.82, 2.24) is 0 Å². The van der Waals surface area contributed by atoms with Gasteiger partial charge in [-0.15, -0.1) is 0 Å². The Morgan fingerprint density at radius 2 is 1.22 bits per heavy atom. The van der Waals surface area contributed by atoms with Gasteiger partial charge in [-0.1, -0.05) is 78.1 Å². The molecule has 0 aromatic rings. The van der Waals surface area contributed by atoms with Crippen molar-refractivity contribution < 1.29 is 70.7 Å². The maximum absolute atomic E-state index is 11.7. The molecule has 0 fully saturated rings. The molecular formula is C21H42LiNaO4. The number of carboxylic acids is 1. The summed E-state index contributed by atoms with van der Waals surface area (Å²) in [4.78, 5) is 22.4. The van der Waals surface area contributed by atoms with Gasteiger partial charge in [0.05, 0.1) is 0 Å². The van der Waals surface area contributed by atoms with Crippen LogP contribution in [0.3, 0.4) is 0 Å². The molecule has 0 aliphatic carbocycles. The smallest absolute Gasteiger partial charge is 1.00 e. The number of carboxylic acid groups (broad SMARTS) is 1. The van der Waals surface area contributed by atoms with Crippen LogP contribution < -0.4 is 48.4 Å². The summed E-state index contributed by atoms with van der Waals surface area (Å²) in [6.45, 7) is 6.31. The monoisotopic (exact) mass is 388 g/mol. The second-order valence-electron chi connectivity index (χ2n) is 7.53. The number of unbranched alkanes of at least 4 members (excludes halogenated alkanes) is 10. The second kappa shape index (κ2) is 21.3. The van der Waals surface area contributed by atoms with Crippen LogP contribution in [0.2, 0.25) is 0 Å². The molecule has 27 heavy (non-hydrogen) atoms. The van der Waals surface area contributed by atoms with Gasteiger partial charge in [0.2, 0.25) is 0 Å². The van der Waals surface area contributed by atoms with Crippen LogP contribution >= 0.6 is 0 Å². The van der Waals surface area contributed by atoms with Crippen LogP contribution in [0.5, 0.6) is 0 Å². The van der Waals surface area contributed by atoms with Crippen molar-refractivity contribution in [1.29, 1.82) is 0 Å². The van der Waals surface area contributed by atoms with Crippen LogP contribution in [-0.2, 0) is 14.3 Å². The number of hydrogen-bond donors (Lipinski definition) is 1. The average Bonchev–Trinajstić information content (AvgIpc) is 2.54. The van der Waals surface area contributed by atoms with E-state index in [1.807, 2.05) is 6.92 Å². The molecule has 0 aromatic heterocycles. The van der Waals surface area contributed by atoms with Crippen molar-refractivity contribution in [3.63, 3.8) is 0 Å².